The second kappa shape index (κ2) is 4.73. The maximum Gasteiger partial charge on any atom is 0.0218 e. The van der Waals surface area contributed by atoms with Gasteiger partial charge >= 0.3 is 0 Å². The van der Waals surface area contributed by atoms with Gasteiger partial charge in [0.15, 0.2) is 0 Å². The van der Waals surface area contributed by atoms with Gasteiger partial charge in [0.1, 0.15) is 0 Å². The minimum Gasteiger partial charge on any atom is -0.313 e. The lowest BCUT2D eigenvalue weighted by Gasteiger charge is -2.30. The van der Waals surface area contributed by atoms with Crippen LogP contribution in [0.2, 0.25) is 0 Å². The Balaban J connectivity index is 2.18. The maximum atomic E-state index is 3.56. The molecular formula is C9H20N2. The van der Waals surface area contributed by atoms with E-state index in [-0.39, 0.29) is 0 Å². The molecule has 0 bridgehead atoms. The first-order valence-electron chi connectivity index (χ1n) is 4.81. The van der Waals surface area contributed by atoms with Gasteiger partial charge < -0.3 is 10.6 Å². The van der Waals surface area contributed by atoms with E-state index in [2.05, 4.69) is 24.5 Å². The lowest BCUT2D eigenvalue weighted by atomic mass is 10.00. The van der Waals surface area contributed by atoms with Crippen molar-refractivity contribution in [1.82, 2.24) is 10.6 Å². The Hall–Kier alpha value is -0.0800. The molecule has 11 heavy (non-hydrogen) atoms. The van der Waals surface area contributed by atoms with Crippen LogP contribution in [0.15, 0.2) is 0 Å². The van der Waals surface area contributed by atoms with Gasteiger partial charge in [-0.05, 0) is 39.3 Å². The van der Waals surface area contributed by atoms with E-state index in [9.17, 15) is 0 Å². The average Bonchev–Trinajstić information content (AvgIpc) is 2.03. The molecule has 1 fully saturated rings. The molecule has 0 amide bonds. The highest BCUT2D eigenvalue weighted by molar-refractivity contribution is 4.82. The van der Waals surface area contributed by atoms with Crippen LogP contribution in [0, 0.1) is 0 Å². The van der Waals surface area contributed by atoms with Crippen LogP contribution in [0.25, 0.3) is 0 Å². The van der Waals surface area contributed by atoms with E-state index in [1.54, 1.807) is 0 Å². The summed E-state index contributed by atoms with van der Waals surface area (Å²) in [4.78, 5) is 0. The summed E-state index contributed by atoms with van der Waals surface area (Å²) in [6.45, 7) is 6.85. The van der Waals surface area contributed by atoms with Gasteiger partial charge in [-0.25, -0.2) is 0 Å². The molecule has 0 spiro atoms. The summed E-state index contributed by atoms with van der Waals surface area (Å²) in [7, 11) is 0. The quantitative estimate of drug-likeness (QED) is 0.640. The van der Waals surface area contributed by atoms with Gasteiger partial charge in [0.05, 0.1) is 0 Å². The number of piperidine rings is 1. The molecule has 0 saturated carbocycles. The summed E-state index contributed by atoms with van der Waals surface area (Å²) in [5, 5.41) is 7.04. The molecule has 1 rings (SSSR count). The van der Waals surface area contributed by atoms with Gasteiger partial charge in [-0.2, -0.15) is 0 Å². The molecular weight excluding hydrogens is 136 g/mol. The Morgan fingerprint density at radius 1 is 1.55 bits per heavy atom. The topological polar surface area (TPSA) is 24.1 Å². The van der Waals surface area contributed by atoms with E-state index in [1.807, 2.05) is 0 Å². The summed E-state index contributed by atoms with van der Waals surface area (Å²) in [6, 6.07) is 1.37. The van der Waals surface area contributed by atoms with Gasteiger partial charge in [-0.1, -0.05) is 6.92 Å². The van der Waals surface area contributed by atoms with Crippen molar-refractivity contribution in [1.29, 1.82) is 0 Å². The fourth-order valence-corrected chi connectivity index (χ4v) is 1.65. The van der Waals surface area contributed by atoms with E-state index in [0.717, 1.165) is 6.54 Å². The fraction of sp³-hybridized carbons (Fsp3) is 1.00. The summed E-state index contributed by atoms with van der Waals surface area (Å²) >= 11 is 0. The fourth-order valence-electron chi connectivity index (χ4n) is 1.65. The highest BCUT2D eigenvalue weighted by Crippen LogP contribution is 2.07. The van der Waals surface area contributed by atoms with E-state index < -0.39 is 0 Å². The largest absolute Gasteiger partial charge is 0.313 e. The summed E-state index contributed by atoms with van der Waals surface area (Å²) in [6.07, 6.45) is 3.91. The monoisotopic (exact) mass is 156 g/mol. The van der Waals surface area contributed by atoms with Crippen LogP contribution in [0.4, 0.5) is 0 Å². The maximum absolute atomic E-state index is 3.56. The molecule has 66 valence electrons. The molecule has 2 N–H and O–H groups in total. The van der Waals surface area contributed by atoms with E-state index in [4.69, 9.17) is 0 Å². The molecule has 1 saturated heterocycles. The second-order valence-electron chi connectivity index (χ2n) is 3.45. The normalized spacial score (nSPS) is 32.2. The minimum atomic E-state index is 0.662. The van der Waals surface area contributed by atoms with Gasteiger partial charge in [0.25, 0.3) is 0 Å². The zero-order valence-electron chi connectivity index (χ0n) is 7.69. The minimum absolute atomic E-state index is 0.662. The van der Waals surface area contributed by atoms with Crippen molar-refractivity contribution in [3.63, 3.8) is 0 Å². The highest BCUT2D eigenvalue weighted by atomic mass is 15.0. The number of hydrogen-bond acceptors (Lipinski definition) is 2. The van der Waals surface area contributed by atoms with Crippen molar-refractivity contribution < 1.29 is 0 Å². The van der Waals surface area contributed by atoms with Crippen molar-refractivity contribution in [3.8, 4) is 0 Å². The van der Waals surface area contributed by atoms with Crippen LogP contribution < -0.4 is 10.6 Å². The first-order valence-corrected chi connectivity index (χ1v) is 4.81. The molecule has 2 unspecified atom stereocenters. The van der Waals surface area contributed by atoms with Crippen molar-refractivity contribution in [2.24, 2.45) is 0 Å². The molecule has 2 atom stereocenters. The standard InChI is InChI=1S/C9H20N2/c1-3-6-11-9-5-4-7-10-8(9)2/h8-11H,3-7H2,1-2H3. The Bertz CT molecular complexity index is 104. The smallest absolute Gasteiger partial charge is 0.0218 e. The highest BCUT2D eigenvalue weighted by Gasteiger charge is 2.18. The van der Waals surface area contributed by atoms with E-state index in [0.29, 0.717) is 12.1 Å². The average molecular weight is 156 g/mol. The molecule has 0 aromatic carbocycles. The SMILES string of the molecule is CCCNC1CCCNC1C. The first kappa shape index (κ1) is 9.01. The molecule has 2 heteroatoms. The van der Waals surface area contributed by atoms with Crippen molar-refractivity contribution in [2.75, 3.05) is 13.1 Å². The Morgan fingerprint density at radius 3 is 3.00 bits per heavy atom. The predicted octanol–water partition coefficient (Wildman–Crippen LogP) is 1.13. The molecule has 1 aliphatic heterocycles. The zero-order valence-corrected chi connectivity index (χ0v) is 7.69. The summed E-state index contributed by atoms with van der Waals surface area (Å²) in [5.41, 5.74) is 0. The van der Waals surface area contributed by atoms with Gasteiger partial charge in [0.2, 0.25) is 0 Å². The van der Waals surface area contributed by atoms with Crippen LogP contribution in [-0.2, 0) is 0 Å². The molecule has 0 aliphatic carbocycles. The van der Waals surface area contributed by atoms with Crippen molar-refractivity contribution in [3.05, 3.63) is 0 Å². The van der Waals surface area contributed by atoms with Gasteiger partial charge in [-0.3, -0.25) is 0 Å². The molecule has 1 aliphatic rings. The molecule has 1 heterocycles. The van der Waals surface area contributed by atoms with E-state index >= 15 is 0 Å². The Labute approximate surface area is 69.8 Å². The third-order valence-corrected chi connectivity index (χ3v) is 2.42. The number of nitrogens with one attached hydrogen (secondary N) is 2. The van der Waals surface area contributed by atoms with Gasteiger partial charge in [0, 0.05) is 12.1 Å². The van der Waals surface area contributed by atoms with Crippen LogP contribution >= 0.6 is 0 Å². The Kier molecular flexibility index (Phi) is 3.87. The van der Waals surface area contributed by atoms with Gasteiger partial charge in [-0.15, -0.1) is 0 Å². The lowest BCUT2D eigenvalue weighted by Crippen LogP contribution is -2.50. The zero-order chi connectivity index (χ0) is 8.10. The van der Waals surface area contributed by atoms with Crippen LogP contribution in [0.5, 0.6) is 0 Å². The van der Waals surface area contributed by atoms with Crippen molar-refractivity contribution >= 4 is 0 Å². The van der Waals surface area contributed by atoms with Crippen molar-refractivity contribution in [2.45, 2.75) is 45.2 Å². The van der Waals surface area contributed by atoms with Crippen LogP contribution in [-0.4, -0.2) is 25.2 Å². The molecule has 0 aromatic rings. The molecule has 0 radical (unpaired) electrons. The lowest BCUT2D eigenvalue weighted by molar-refractivity contribution is 0.318. The second-order valence-corrected chi connectivity index (χ2v) is 3.45. The number of rotatable bonds is 3. The predicted molar refractivity (Wildman–Crippen MR) is 48.8 cm³/mol. The summed E-state index contributed by atoms with van der Waals surface area (Å²) < 4.78 is 0. The molecule has 0 aromatic heterocycles. The third kappa shape index (κ3) is 2.80. The summed E-state index contributed by atoms with van der Waals surface area (Å²) in [5.74, 6) is 0. The number of hydrogen-bond donors (Lipinski definition) is 2. The third-order valence-electron chi connectivity index (χ3n) is 2.42. The first-order chi connectivity index (χ1) is 5.34. The van der Waals surface area contributed by atoms with Crippen LogP contribution in [0.3, 0.4) is 0 Å². The van der Waals surface area contributed by atoms with Crippen LogP contribution in [0.1, 0.15) is 33.1 Å². The van der Waals surface area contributed by atoms with E-state index in [1.165, 1.54) is 25.8 Å². The Morgan fingerprint density at radius 2 is 2.36 bits per heavy atom. The molecule has 2 nitrogen and oxygen atoms in total.